The van der Waals surface area contributed by atoms with Gasteiger partial charge in [-0.1, -0.05) is 0 Å². The van der Waals surface area contributed by atoms with E-state index in [-0.39, 0.29) is 11.6 Å². The van der Waals surface area contributed by atoms with Crippen LogP contribution in [0.2, 0.25) is 0 Å². The second kappa shape index (κ2) is 3.88. The van der Waals surface area contributed by atoms with Gasteiger partial charge < -0.3 is 0 Å². The van der Waals surface area contributed by atoms with Gasteiger partial charge in [-0.2, -0.15) is 0 Å². The van der Waals surface area contributed by atoms with Gasteiger partial charge in [0, 0.05) is 5.56 Å². The molecule has 0 aliphatic carbocycles. The summed E-state index contributed by atoms with van der Waals surface area (Å²) in [5, 5.41) is -0.566. The van der Waals surface area contributed by atoms with Crippen LogP contribution in [0.1, 0.15) is 22.8 Å². The highest BCUT2D eigenvalue weighted by molar-refractivity contribution is 6.33. The molecule has 1 atom stereocenters. The van der Waals surface area contributed by atoms with E-state index >= 15 is 0 Å². The zero-order valence-electron chi connectivity index (χ0n) is 7.47. The molecular formula is C10H10ClFO. The first-order chi connectivity index (χ1) is 6.02. The molecule has 0 saturated heterocycles. The number of carbonyl (C=O) groups excluding carboxylic acids is 1. The summed E-state index contributed by atoms with van der Waals surface area (Å²) in [6.45, 7) is 3.29. The molecule has 1 rings (SSSR count). The molecule has 1 aromatic carbocycles. The number of Topliss-reactive ketones (excluding diaryl/α,β-unsaturated/α-hetero) is 1. The summed E-state index contributed by atoms with van der Waals surface area (Å²) in [6.07, 6.45) is 0. The fourth-order valence-corrected chi connectivity index (χ4v) is 1.24. The van der Waals surface area contributed by atoms with E-state index < -0.39 is 5.38 Å². The Bertz CT molecular complexity index is 334. The summed E-state index contributed by atoms with van der Waals surface area (Å²) in [4.78, 5) is 11.4. The van der Waals surface area contributed by atoms with Gasteiger partial charge in [0.2, 0.25) is 0 Å². The van der Waals surface area contributed by atoms with Gasteiger partial charge in [0.15, 0.2) is 5.78 Å². The topological polar surface area (TPSA) is 17.1 Å². The minimum Gasteiger partial charge on any atom is -0.293 e. The Hall–Kier alpha value is -0.890. The van der Waals surface area contributed by atoms with Gasteiger partial charge in [-0.3, -0.25) is 4.79 Å². The molecule has 0 saturated carbocycles. The van der Waals surface area contributed by atoms with Gasteiger partial charge in [0.1, 0.15) is 5.82 Å². The molecule has 0 radical (unpaired) electrons. The van der Waals surface area contributed by atoms with Gasteiger partial charge >= 0.3 is 0 Å². The van der Waals surface area contributed by atoms with Crippen molar-refractivity contribution in [3.8, 4) is 0 Å². The minimum absolute atomic E-state index is 0.167. The van der Waals surface area contributed by atoms with Crippen molar-refractivity contribution in [1.29, 1.82) is 0 Å². The average molecular weight is 201 g/mol. The van der Waals surface area contributed by atoms with Gasteiger partial charge in [-0.15, -0.1) is 11.6 Å². The highest BCUT2D eigenvalue weighted by Gasteiger charge is 2.14. The molecule has 0 fully saturated rings. The van der Waals surface area contributed by atoms with Gasteiger partial charge in [-0.25, -0.2) is 4.39 Å². The summed E-state index contributed by atoms with van der Waals surface area (Å²) >= 11 is 5.63. The van der Waals surface area contributed by atoms with Crippen molar-refractivity contribution in [3.05, 3.63) is 35.1 Å². The number of aryl methyl sites for hydroxylation is 1. The van der Waals surface area contributed by atoms with E-state index in [0.29, 0.717) is 11.1 Å². The molecule has 0 N–H and O–H groups in total. The number of benzene rings is 1. The molecule has 1 nitrogen and oxygen atoms in total. The van der Waals surface area contributed by atoms with E-state index in [9.17, 15) is 9.18 Å². The lowest BCUT2D eigenvalue weighted by atomic mass is 10.0. The molecule has 1 unspecified atom stereocenters. The lowest BCUT2D eigenvalue weighted by molar-refractivity contribution is 0.0991. The Morgan fingerprint density at radius 1 is 1.54 bits per heavy atom. The van der Waals surface area contributed by atoms with E-state index in [0.717, 1.165) is 0 Å². The highest BCUT2D eigenvalue weighted by atomic mass is 35.5. The number of ketones is 1. The number of halogens is 2. The van der Waals surface area contributed by atoms with E-state index in [1.54, 1.807) is 13.8 Å². The van der Waals surface area contributed by atoms with E-state index in [2.05, 4.69) is 0 Å². The Morgan fingerprint density at radius 3 is 2.62 bits per heavy atom. The summed E-state index contributed by atoms with van der Waals surface area (Å²) in [5.41, 5.74) is 1.11. The number of hydrogen-bond donors (Lipinski definition) is 0. The van der Waals surface area contributed by atoms with Crippen LogP contribution >= 0.6 is 11.6 Å². The van der Waals surface area contributed by atoms with Crippen molar-refractivity contribution in [1.82, 2.24) is 0 Å². The van der Waals surface area contributed by atoms with Crippen molar-refractivity contribution >= 4 is 17.4 Å². The minimum atomic E-state index is -0.566. The molecule has 70 valence electrons. The first kappa shape index (κ1) is 10.2. The van der Waals surface area contributed by atoms with Gasteiger partial charge in [-0.05, 0) is 37.6 Å². The van der Waals surface area contributed by atoms with Crippen molar-refractivity contribution in [2.24, 2.45) is 0 Å². The first-order valence-electron chi connectivity index (χ1n) is 3.97. The molecular weight excluding hydrogens is 191 g/mol. The fourth-order valence-electron chi connectivity index (χ4n) is 1.12. The van der Waals surface area contributed by atoms with E-state index in [1.165, 1.54) is 18.2 Å². The average Bonchev–Trinajstić information content (AvgIpc) is 2.03. The number of carbonyl (C=O) groups is 1. The van der Waals surface area contributed by atoms with Crippen LogP contribution in [-0.2, 0) is 0 Å². The third kappa shape index (κ3) is 2.28. The number of hydrogen-bond acceptors (Lipinski definition) is 1. The molecule has 0 aliphatic heterocycles. The Kier molecular flexibility index (Phi) is 3.04. The zero-order chi connectivity index (χ0) is 10.0. The normalized spacial score (nSPS) is 12.6. The summed E-state index contributed by atoms with van der Waals surface area (Å²) in [5.74, 6) is -0.504. The van der Waals surface area contributed by atoms with Crippen molar-refractivity contribution < 1.29 is 9.18 Å². The summed E-state index contributed by atoms with van der Waals surface area (Å²) < 4.78 is 12.7. The van der Waals surface area contributed by atoms with Crippen LogP contribution in [0.3, 0.4) is 0 Å². The van der Waals surface area contributed by atoms with Crippen LogP contribution < -0.4 is 0 Å². The largest absolute Gasteiger partial charge is 0.293 e. The third-order valence-electron chi connectivity index (χ3n) is 1.82. The van der Waals surface area contributed by atoms with Crippen LogP contribution in [-0.4, -0.2) is 11.2 Å². The van der Waals surface area contributed by atoms with Crippen molar-refractivity contribution in [2.75, 3.05) is 0 Å². The van der Waals surface area contributed by atoms with Crippen molar-refractivity contribution in [2.45, 2.75) is 19.2 Å². The lowest BCUT2D eigenvalue weighted by Gasteiger charge is -2.05. The van der Waals surface area contributed by atoms with E-state index in [1.807, 2.05) is 0 Å². The second-order valence-electron chi connectivity index (χ2n) is 2.94. The second-order valence-corrected chi connectivity index (χ2v) is 3.59. The fraction of sp³-hybridized carbons (Fsp3) is 0.300. The molecule has 0 aromatic heterocycles. The quantitative estimate of drug-likeness (QED) is 0.530. The van der Waals surface area contributed by atoms with Crippen LogP contribution in [0.4, 0.5) is 4.39 Å². The van der Waals surface area contributed by atoms with Crippen LogP contribution in [0, 0.1) is 12.7 Å². The summed E-state index contributed by atoms with van der Waals surface area (Å²) in [7, 11) is 0. The Morgan fingerprint density at radius 2 is 2.15 bits per heavy atom. The van der Waals surface area contributed by atoms with Gasteiger partial charge in [0.05, 0.1) is 5.38 Å². The standard InChI is InChI=1S/C10H10ClFO/c1-6-5-8(12)3-4-9(6)10(13)7(2)11/h3-5,7H,1-2H3. The van der Waals surface area contributed by atoms with Crippen LogP contribution in [0.5, 0.6) is 0 Å². The highest BCUT2D eigenvalue weighted by Crippen LogP contribution is 2.14. The van der Waals surface area contributed by atoms with Crippen molar-refractivity contribution in [3.63, 3.8) is 0 Å². The maximum atomic E-state index is 12.7. The molecule has 13 heavy (non-hydrogen) atoms. The molecule has 0 aliphatic rings. The monoisotopic (exact) mass is 200 g/mol. The molecule has 1 aromatic rings. The zero-order valence-corrected chi connectivity index (χ0v) is 8.23. The molecule has 0 amide bonds. The predicted molar refractivity (Wildman–Crippen MR) is 50.8 cm³/mol. The Balaban J connectivity index is 3.09. The number of rotatable bonds is 2. The summed E-state index contributed by atoms with van der Waals surface area (Å²) in [6, 6.07) is 4.05. The van der Waals surface area contributed by atoms with E-state index in [4.69, 9.17) is 11.6 Å². The third-order valence-corrected chi connectivity index (χ3v) is 2.01. The van der Waals surface area contributed by atoms with Gasteiger partial charge in [0.25, 0.3) is 0 Å². The maximum absolute atomic E-state index is 12.7. The Labute approximate surface area is 81.5 Å². The molecule has 0 heterocycles. The predicted octanol–water partition coefficient (Wildman–Crippen LogP) is 2.94. The lowest BCUT2D eigenvalue weighted by Crippen LogP contribution is -2.12. The molecule has 0 spiro atoms. The first-order valence-corrected chi connectivity index (χ1v) is 4.40. The SMILES string of the molecule is Cc1cc(F)ccc1C(=O)C(C)Cl. The number of alkyl halides is 1. The smallest absolute Gasteiger partial charge is 0.180 e. The molecule has 3 heteroatoms. The maximum Gasteiger partial charge on any atom is 0.180 e. The van der Waals surface area contributed by atoms with Crippen LogP contribution in [0.25, 0.3) is 0 Å². The molecule has 0 bridgehead atoms. The van der Waals surface area contributed by atoms with Crippen LogP contribution in [0.15, 0.2) is 18.2 Å².